The standard InChI is InChI=1S/C17H24N2O3S/c1-19(16-8-3-4-9-17(16)23(2,20)21)10-11-22-15-7-5-6-14(12-15)13-18/h5-7,12,16-17H,3-4,8-11H2,1-2H3/t16-,17-/m1/s1. The van der Waals surface area contributed by atoms with Crippen molar-refractivity contribution in [1.29, 1.82) is 5.26 Å². The van der Waals surface area contributed by atoms with E-state index < -0.39 is 9.84 Å². The van der Waals surface area contributed by atoms with Crippen molar-refractivity contribution in [1.82, 2.24) is 4.90 Å². The van der Waals surface area contributed by atoms with E-state index in [9.17, 15) is 8.42 Å². The predicted molar refractivity (Wildman–Crippen MR) is 90.2 cm³/mol. The third-order valence-corrected chi connectivity index (χ3v) is 6.11. The van der Waals surface area contributed by atoms with Crippen molar-refractivity contribution >= 4 is 9.84 Å². The molecule has 0 aromatic heterocycles. The van der Waals surface area contributed by atoms with E-state index in [0.717, 1.165) is 25.7 Å². The van der Waals surface area contributed by atoms with E-state index in [2.05, 4.69) is 11.0 Å². The molecule has 2 rings (SSSR count). The molecular formula is C17H24N2O3S. The Kier molecular flexibility index (Phi) is 6.03. The van der Waals surface area contributed by atoms with Gasteiger partial charge in [0.1, 0.15) is 12.4 Å². The highest BCUT2D eigenvalue weighted by Crippen LogP contribution is 2.27. The number of sulfone groups is 1. The van der Waals surface area contributed by atoms with Crippen LogP contribution in [0.5, 0.6) is 5.75 Å². The number of rotatable bonds is 6. The van der Waals surface area contributed by atoms with Gasteiger partial charge in [-0.25, -0.2) is 8.42 Å². The second kappa shape index (κ2) is 7.80. The van der Waals surface area contributed by atoms with E-state index in [4.69, 9.17) is 10.00 Å². The van der Waals surface area contributed by atoms with Gasteiger partial charge >= 0.3 is 0 Å². The molecule has 5 nitrogen and oxygen atoms in total. The molecule has 0 radical (unpaired) electrons. The van der Waals surface area contributed by atoms with E-state index in [1.54, 1.807) is 18.2 Å². The minimum atomic E-state index is -3.02. The second-order valence-electron chi connectivity index (χ2n) is 6.19. The van der Waals surface area contributed by atoms with Crippen LogP contribution in [0.1, 0.15) is 31.2 Å². The number of nitriles is 1. The molecule has 1 aliphatic rings. The van der Waals surface area contributed by atoms with Gasteiger partial charge in [0.15, 0.2) is 9.84 Å². The van der Waals surface area contributed by atoms with Crippen molar-refractivity contribution in [3.63, 3.8) is 0 Å². The van der Waals surface area contributed by atoms with Crippen LogP contribution < -0.4 is 4.74 Å². The van der Waals surface area contributed by atoms with E-state index in [1.165, 1.54) is 6.26 Å². The van der Waals surface area contributed by atoms with E-state index in [0.29, 0.717) is 24.5 Å². The zero-order chi connectivity index (χ0) is 16.9. The molecule has 2 atom stereocenters. The lowest BCUT2D eigenvalue weighted by Crippen LogP contribution is -2.48. The summed E-state index contributed by atoms with van der Waals surface area (Å²) in [5.74, 6) is 0.667. The highest BCUT2D eigenvalue weighted by atomic mass is 32.2. The van der Waals surface area contributed by atoms with Crippen LogP contribution in [0, 0.1) is 11.3 Å². The van der Waals surface area contributed by atoms with Crippen LogP contribution in [0.2, 0.25) is 0 Å². The zero-order valence-corrected chi connectivity index (χ0v) is 14.6. The summed E-state index contributed by atoms with van der Waals surface area (Å²) in [5.41, 5.74) is 0.570. The van der Waals surface area contributed by atoms with E-state index in [1.807, 2.05) is 13.1 Å². The van der Waals surface area contributed by atoms with Crippen molar-refractivity contribution in [2.45, 2.75) is 37.0 Å². The Labute approximate surface area is 138 Å². The molecule has 0 amide bonds. The molecule has 126 valence electrons. The fraction of sp³-hybridized carbons (Fsp3) is 0.588. The summed E-state index contributed by atoms with van der Waals surface area (Å²) in [6, 6.07) is 9.20. The van der Waals surface area contributed by atoms with Gasteiger partial charge in [0.25, 0.3) is 0 Å². The monoisotopic (exact) mass is 336 g/mol. The van der Waals surface area contributed by atoms with Crippen LogP contribution in [0.15, 0.2) is 24.3 Å². The number of likely N-dealkylation sites (N-methyl/N-ethyl adjacent to an activating group) is 1. The van der Waals surface area contributed by atoms with Gasteiger partial charge in [-0.15, -0.1) is 0 Å². The minimum Gasteiger partial charge on any atom is -0.492 e. The Morgan fingerprint density at radius 3 is 2.78 bits per heavy atom. The molecule has 0 unspecified atom stereocenters. The smallest absolute Gasteiger partial charge is 0.151 e. The fourth-order valence-electron chi connectivity index (χ4n) is 3.21. The summed E-state index contributed by atoms with van der Waals surface area (Å²) < 4.78 is 29.6. The highest BCUT2D eigenvalue weighted by Gasteiger charge is 2.34. The fourth-order valence-corrected chi connectivity index (χ4v) is 4.72. The molecule has 0 saturated heterocycles. The van der Waals surface area contributed by atoms with Gasteiger partial charge in [-0.1, -0.05) is 18.9 Å². The normalized spacial score (nSPS) is 21.8. The summed E-state index contributed by atoms with van der Waals surface area (Å²) in [7, 11) is -1.06. The second-order valence-corrected chi connectivity index (χ2v) is 8.45. The number of hydrogen-bond donors (Lipinski definition) is 0. The molecular weight excluding hydrogens is 312 g/mol. The van der Waals surface area contributed by atoms with Crippen LogP contribution in [-0.2, 0) is 9.84 Å². The average molecular weight is 336 g/mol. The molecule has 1 fully saturated rings. The number of ether oxygens (including phenoxy) is 1. The highest BCUT2D eigenvalue weighted by molar-refractivity contribution is 7.91. The first-order chi connectivity index (χ1) is 10.9. The molecule has 23 heavy (non-hydrogen) atoms. The number of hydrogen-bond acceptors (Lipinski definition) is 5. The Balaban J connectivity index is 1.90. The quantitative estimate of drug-likeness (QED) is 0.796. The largest absolute Gasteiger partial charge is 0.492 e. The Morgan fingerprint density at radius 1 is 1.35 bits per heavy atom. The van der Waals surface area contributed by atoms with Gasteiger partial charge in [-0.2, -0.15) is 5.26 Å². The van der Waals surface area contributed by atoms with Gasteiger partial charge in [0.2, 0.25) is 0 Å². The summed E-state index contributed by atoms with van der Waals surface area (Å²) in [4.78, 5) is 2.10. The first kappa shape index (κ1) is 17.8. The van der Waals surface area contributed by atoms with E-state index in [-0.39, 0.29) is 11.3 Å². The van der Waals surface area contributed by atoms with Crippen LogP contribution in [0.4, 0.5) is 0 Å². The zero-order valence-electron chi connectivity index (χ0n) is 13.7. The molecule has 1 aromatic rings. The van der Waals surface area contributed by atoms with Crippen molar-refractivity contribution in [3.05, 3.63) is 29.8 Å². The van der Waals surface area contributed by atoms with Crippen molar-refractivity contribution < 1.29 is 13.2 Å². The summed E-state index contributed by atoms with van der Waals surface area (Å²) in [6.45, 7) is 1.13. The topological polar surface area (TPSA) is 70.4 Å². The van der Waals surface area contributed by atoms with Crippen molar-refractivity contribution in [2.75, 3.05) is 26.5 Å². The van der Waals surface area contributed by atoms with Gasteiger partial charge in [0, 0.05) is 18.8 Å². The van der Waals surface area contributed by atoms with Crippen molar-refractivity contribution in [3.8, 4) is 11.8 Å². The Bertz CT molecular complexity index is 667. The van der Waals surface area contributed by atoms with Gasteiger partial charge in [0.05, 0.1) is 16.9 Å². The molecule has 1 aliphatic carbocycles. The van der Waals surface area contributed by atoms with Crippen LogP contribution in [-0.4, -0.2) is 51.1 Å². The van der Waals surface area contributed by atoms with Gasteiger partial charge < -0.3 is 4.74 Å². The lowest BCUT2D eigenvalue weighted by Gasteiger charge is -2.36. The third-order valence-electron chi connectivity index (χ3n) is 4.46. The lowest BCUT2D eigenvalue weighted by molar-refractivity contribution is 0.162. The molecule has 0 N–H and O–H groups in total. The average Bonchev–Trinajstić information content (AvgIpc) is 2.54. The number of nitrogens with zero attached hydrogens (tertiary/aromatic N) is 2. The molecule has 1 aromatic carbocycles. The third kappa shape index (κ3) is 4.95. The summed E-state index contributed by atoms with van der Waals surface area (Å²) in [5, 5.41) is 8.61. The lowest BCUT2D eigenvalue weighted by atomic mass is 9.94. The van der Waals surface area contributed by atoms with Crippen LogP contribution >= 0.6 is 0 Å². The van der Waals surface area contributed by atoms with Crippen LogP contribution in [0.25, 0.3) is 0 Å². The predicted octanol–water partition coefficient (Wildman–Crippen LogP) is 2.22. The van der Waals surface area contributed by atoms with Crippen LogP contribution in [0.3, 0.4) is 0 Å². The van der Waals surface area contributed by atoms with E-state index >= 15 is 0 Å². The Morgan fingerprint density at radius 2 is 2.09 bits per heavy atom. The molecule has 0 heterocycles. The maximum atomic E-state index is 12.0. The molecule has 0 spiro atoms. The van der Waals surface area contributed by atoms with Crippen molar-refractivity contribution in [2.24, 2.45) is 0 Å². The Hall–Kier alpha value is -1.58. The first-order valence-electron chi connectivity index (χ1n) is 7.94. The SMILES string of the molecule is CN(CCOc1cccc(C#N)c1)[C@@H]1CCCC[C@H]1S(C)(=O)=O. The summed E-state index contributed by atoms with van der Waals surface area (Å²) >= 11 is 0. The molecule has 0 bridgehead atoms. The first-order valence-corrected chi connectivity index (χ1v) is 9.89. The maximum Gasteiger partial charge on any atom is 0.151 e. The number of benzene rings is 1. The molecule has 0 aliphatic heterocycles. The maximum absolute atomic E-state index is 12.0. The van der Waals surface area contributed by atoms with Gasteiger partial charge in [-0.3, -0.25) is 4.90 Å². The summed E-state index contributed by atoms with van der Waals surface area (Å²) in [6.07, 6.45) is 5.07. The molecule has 6 heteroatoms. The van der Waals surface area contributed by atoms with Gasteiger partial charge in [-0.05, 0) is 38.1 Å². The minimum absolute atomic E-state index is 0.0628. The molecule has 1 saturated carbocycles.